The van der Waals surface area contributed by atoms with Crippen molar-refractivity contribution in [2.45, 2.75) is 40.5 Å². The van der Waals surface area contributed by atoms with Crippen LogP contribution in [-0.4, -0.2) is 5.78 Å². The Hall–Kier alpha value is -0.590. The van der Waals surface area contributed by atoms with E-state index in [4.69, 9.17) is 0 Å². The number of Topliss-reactive ketones (excluding diaryl/α,β-unsaturated/α-hetero) is 1. The van der Waals surface area contributed by atoms with Gasteiger partial charge in [-0.2, -0.15) is 0 Å². The van der Waals surface area contributed by atoms with Gasteiger partial charge in [0.15, 0.2) is 5.78 Å². The standard InChI is InChI=1S/C10H18O/c1-5-9(6-2)10(7-3)8(4)11/h7,9H,5-6H2,1-4H3/b10-7+. The Morgan fingerprint density at radius 3 is 1.91 bits per heavy atom. The van der Waals surface area contributed by atoms with Gasteiger partial charge in [0, 0.05) is 0 Å². The van der Waals surface area contributed by atoms with E-state index in [1.165, 1.54) is 0 Å². The van der Waals surface area contributed by atoms with E-state index in [1.807, 2.05) is 13.0 Å². The quantitative estimate of drug-likeness (QED) is 0.569. The van der Waals surface area contributed by atoms with Crippen LogP contribution in [0.1, 0.15) is 40.5 Å². The second-order valence-electron chi connectivity index (χ2n) is 2.81. The summed E-state index contributed by atoms with van der Waals surface area (Å²) < 4.78 is 0. The average Bonchev–Trinajstić information content (AvgIpc) is 1.99. The lowest BCUT2D eigenvalue weighted by atomic mass is 9.91. The molecule has 0 saturated carbocycles. The molecule has 0 bridgehead atoms. The lowest BCUT2D eigenvalue weighted by Crippen LogP contribution is -2.08. The van der Waals surface area contributed by atoms with E-state index in [1.54, 1.807) is 6.92 Å². The van der Waals surface area contributed by atoms with Crippen molar-refractivity contribution in [3.8, 4) is 0 Å². The van der Waals surface area contributed by atoms with Crippen molar-refractivity contribution in [3.05, 3.63) is 11.6 Å². The molecule has 0 rings (SSSR count). The molecule has 0 N–H and O–H groups in total. The van der Waals surface area contributed by atoms with Crippen molar-refractivity contribution in [2.75, 3.05) is 0 Å². The summed E-state index contributed by atoms with van der Waals surface area (Å²) in [6.07, 6.45) is 4.07. The van der Waals surface area contributed by atoms with Crippen LogP contribution in [0.3, 0.4) is 0 Å². The summed E-state index contributed by atoms with van der Waals surface area (Å²) in [6, 6.07) is 0. The molecule has 11 heavy (non-hydrogen) atoms. The largest absolute Gasteiger partial charge is 0.295 e. The maximum Gasteiger partial charge on any atom is 0.155 e. The number of hydrogen-bond donors (Lipinski definition) is 0. The summed E-state index contributed by atoms with van der Waals surface area (Å²) in [5.41, 5.74) is 0.995. The molecule has 0 spiro atoms. The summed E-state index contributed by atoms with van der Waals surface area (Å²) in [7, 11) is 0. The molecule has 0 aromatic heterocycles. The Kier molecular flexibility index (Phi) is 4.84. The Bertz CT molecular complexity index is 152. The summed E-state index contributed by atoms with van der Waals surface area (Å²) in [5, 5.41) is 0. The van der Waals surface area contributed by atoms with Crippen LogP contribution in [0.25, 0.3) is 0 Å². The molecule has 0 aliphatic carbocycles. The number of carbonyl (C=O) groups excluding carboxylic acids is 1. The van der Waals surface area contributed by atoms with Crippen molar-refractivity contribution in [2.24, 2.45) is 5.92 Å². The number of rotatable bonds is 4. The minimum atomic E-state index is 0.223. The highest BCUT2D eigenvalue weighted by Crippen LogP contribution is 2.19. The van der Waals surface area contributed by atoms with Crippen molar-refractivity contribution in [3.63, 3.8) is 0 Å². The highest BCUT2D eigenvalue weighted by atomic mass is 16.1. The van der Waals surface area contributed by atoms with Gasteiger partial charge < -0.3 is 0 Å². The smallest absolute Gasteiger partial charge is 0.155 e. The first-order valence-electron chi connectivity index (χ1n) is 4.34. The molecule has 0 fully saturated rings. The van der Waals surface area contributed by atoms with Crippen LogP contribution < -0.4 is 0 Å². The first kappa shape index (κ1) is 10.4. The topological polar surface area (TPSA) is 17.1 Å². The molecule has 0 unspecified atom stereocenters. The third-order valence-electron chi connectivity index (χ3n) is 2.14. The second kappa shape index (κ2) is 5.11. The van der Waals surface area contributed by atoms with Crippen LogP contribution in [0.2, 0.25) is 0 Å². The van der Waals surface area contributed by atoms with E-state index >= 15 is 0 Å². The van der Waals surface area contributed by atoms with E-state index in [-0.39, 0.29) is 5.78 Å². The zero-order chi connectivity index (χ0) is 8.85. The summed E-state index contributed by atoms with van der Waals surface area (Å²) >= 11 is 0. The molecule has 0 aromatic rings. The molecule has 1 nitrogen and oxygen atoms in total. The SMILES string of the molecule is C/C=C(\C(C)=O)C(CC)CC. The fourth-order valence-electron chi connectivity index (χ4n) is 1.45. The third kappa shape index (κ3) is 2.87. The molecule has 0 atom stereocenters. The second-order valence-corrected chi connectivity index (χ2v) is 2.81. The Morgan fingerprint density at radius 2 is 1.82 bits per heavy atom. The fourth-order valence-corrected chi connectivity index (χ4v) is 1.45. The zero-order valence-corrected chi connectivity index (χ0v) is 7.98. The number of hydrogen-bond acceptors (Lipinski definition) is 1. The number of carbonyl (C=O) groups is 1. The molecule has 0 amide bonds. The van der Waals surface area contributed by atoms with E-state index < -0.39 is 0 Å². The van der Waals surface area contributed by atoms with Gasteiger partial charge in [-0.1, -0.05) is 19.9 Å². The molecule has 64 valence electrons. The van der Waals surface area contributed by atoms with E-state index in [9.17, 15) is 4.79 Å². The van der Waals surface area contributed by atoms with Gasteiger partial charge >= 0.3 is 0 Å². The van der Waals surface area contributed by atoms with E-state index in [2.05, 4.69) is 13.8 Å². The van der Waals surface area contributed by atoms with E-state index in [0.29, 0.717) is 5.92 Å². The molecule has 0 aliphatic heterocycles. The minimum Gasteiger partial charge on any atom is -0.295 e. The van der Waals surface area contributed by atoms with E-state index in [0.717, 1.165) is 18.4 Å². The van der Waals surface area contributed by atoms with Crippen LogP contribution >= 0.6 is 0 Å². The number of ketones is 1. The summed E-state index contributed by atoms with van der Waals surface area (Å²) in [4.78, 5) is 11.1. The highest BCUT2D eigenvalue weighted by Gasteiger charge is 2.12. The molecular weight excluding hydrogens is 136 g/mol. The van der Waals surface area contributed by atoms with Crippen molar-refractivity contribution in [1.82, 2.24) is 0 Å². The summed E-state index contributed by atoms with van der Waals surface area (Å²) in [6.45, 7) is 7.84. The zero-order valence-electron chi connectivity index (χ0n) is 7.98. The molecule has 0 aliphatic rings. The minimum absolute atomic E-state index is 0.223. The predicted molar refractivity (Wildman–Crippen MR) is 48.5 cm³/mol. The fraction of sp³-hybridized carbons (Fsp3) is 0.700. The monoisotopic (exact) mass is 154 g/mol. The van der Waals surface area contributed by atoms with Gasteiger partial charge in [0.1, 0.15) is 0 Å². The number of allylic oxidation sites excluding steroid dienone is 2. The molecule has 0 heterocycles. The molecular formula is C10H18O. The average molecular weight is 154 g/mol. The lowest BCUT2D eigenvalue weighted by Gasteiger charge is -2.13. The third-order valence-corrected chi connectivity index (χ3v) is 2.14. The molecule has 0 radical (unpaired) electrons. The van der Waals surface area contributed by atoms with Gasteiger partial charge in [-0.25, -0.2) is 0 Å². The van der Waals surface area contributed by atoms with Gasteiger partial charge in [-0.15, -0.1) is 0 Å². The Labute approximate surface area is 69.5 Å². The lowest BCUT2D eigenvalue weighted by molar-refractivity contribution is -0.114. The first-order valence-corrected chi connectivity index (χ1v) is 4.34. The van der Waals surface area contributed by atoms with Gasteiger partial charge in [-0.3, -0.25) is 4.79 Å². The molecule has 1 heteroatoms. The van der Waals surface area contributed by atoms with Crippen LogP contribution in [0.15, 0.2) is 11.6 Å². The van der Waals surface area contributed by atoms with Crippen LogP contribution in [-0.2, 0) is 4.79 Å². The molecule has 0 saturated heterocycles. The van der Waals surface area contributed by atoms with Crippen molar-refractivity contribution in [1.29, 1.82) is 0 Å². The van der Waals surface area contributed by atoms with Crippen molar-refractivity contribution >= 4 is 5.78 Å². The normalized spacial score (nSPS) is 12.3. The van der Waals surface area contributed by atoms with Crippen LogP contribution in [0, 0.1) is 5.92 Å². The van der Waals surface area contributed by atoms with Crippen LogP contribution in [0.4, 0.5) is 0 Å². The van der Waals surface area contributed by atoms with Crippen molar-refractivity contribution < 1.29 is 4.79 Å². The van der Waals surface area contributed by atoms with Crippen LogP contribution in [0.5, 0.6) is 0 Å². The van der Waals surface area contributed by atoms with Gasteiger partial charge in [-0.05, 0) is 38.2 Å². The summed E-state index contributed by atoms with van der Waals surface area (Å²) in [5.74, 6) is 0.693. The first-order chi connectivity index (χ1) is 5.17. The highest BCUT2D eigenvalue weighted by molar-refractivity contribution is 5.93. The van der Waals surface area contributed by atoms with Gasteiger partial charge in [0.05, 0.1) is 0 Å². The molecule has 0 aromatic carbocycles. The van der Waals surface area contributed by atoms with Gasteiger partial charge in [0.2, 0.25) is 0 Å². The van der Waals surface area contributed by atoms with Gasteiger partial charge in [0.25, 0.3) is 0 Å². The Morgan fingerprint density at radius 1 is 1.36 bits per heavy atom. The predicted octanol–water partition coefficient (Wildman–Crippen LogP) is 2.96. The maximum atomic E-state index is 11.1. The maximum absolute atomic E-state index is 11.1. The Balaban J connectivity index is 4.36.